The van der Waals surface area contributed by atoms with Crippen LogP contribution in [0.1, 0.15) is 18.4 Å². The molecule has 1 aromatic rings. The van der Waals surface area contributed by atoms with E-state index in [0.29, 0.717) is 12.6 Å². The zero-order valence-electron chi connectivity index (χ0n) is 11.8. The summed E-state index contributed by atoms with van der Waals surface area (Å²) in [6.45, 7) is 5.06. The van der Waals surface area contributed by atoms with Crippen molar-refractivity contribution in [2.75, 3.05) is 32.7 Å². The fourth-order valence-electron chi connectivity index (χ4n) is 2.53. The highest BCUT2D eigenvalue weighted by Gasteiger charge is 2.24. The predicted molar refractivity (Wildman–Crippen MR) is 77.1 cm³/mol. The van der Waals surface area contributed by atoms with Gasteiger partial charge in [0.1, 0.15) is 0 Å². The summed E-state index contributed by atoms with van der Waals surface area (Å²) in [5, 5.41) is 3.29. The van der Waals surface area contributed by atoms with E-state index in [2.05, 4.69) is 27.3 Å². The number of hydrogen-bond acceptors (Lipinski definition) is 4. The normalized spacial score (nSPS) is 20.1. The molecule has 1 aromatic heterocycles. The van der Waals surface area contributed by atoms with Crippen molar-refractivity contribution in [2.45, 2.75) is 25.4 Å². The average Bonchev–Trinajstić information content (AvgIpc) is 3.31. The van der Waals surface area contributed by atoms with Crippen LogP contribution in [0.5, 0.6) is 0 Å². The second-order valence-corrected chi connectivity index (χ2v) is 5.67. The molecule has 0 unspecified atom stereocenters. The van der Waals surface area contributed by atoms with E-state index in [1.165, 1.54) is 18.4 Å². The van der Waals surface area contributed by atoms with Crippen LogP contribution in [0.3, 0.4) is 0 Å². The molecule has 1 N–H and O–H groups in total. The van der Waals surface area contributed by atoms with Gasteiger partial charge >= 0.3 is 0 Å². The first-order valence-corrected chi connectivity index (χ1v) is 7.44. The fourth-order valence-corrected chi connectivity index (χ4v) is 2.53. The lowest BCUT2D eigenvalue weighted by Crippen LogP contribution is -2.50. The molecule has 1 saturated carbocycles. The van der Waals surface area contributed by atoms with Crippen LogP contribution in [-0.2, 0) is 11.3 Å². The molecule has 2 heterocycles. The lowest BCUT2D eigenvalue weighted by Gasteiger charge is -2.34. The predicted octanol–water partition coefficient (Wildman–Crippen LogP) is 0.478. The molecule has 2 fully saturated rings. The second kappa shape index (κ2) is 6.33. The molecule has 5 heteroatoms. The lowest BCUT2D eigenvalue weighted by molar-refractivity contribution is -0.132. The molecule has 0 bridgehead atoms. The summed E-state index contributed by atoms with van der Waals surface area (Å²) in [6.07, 6.45) is 6.12. The average molecular weight is 274 g/mol. The van der Waals surface area contributed by atoms with Crippen LogP contribution in [0.2, 0.25) is 0 Å². The Balaban J connectivity index is 1.40. The number of carbonyl (C=O) groups excluding carboxylic acids is 1. The third kappa shape index (κ3) is 3.77. The summed E-state index contributed by atoms with van der Waals surface area (Å²) >= 11 is 0. The maximum Gasteiger partial charge on any atom is 0.236 e. The molecule has 1 saturated heterocycles. The van der Waals surface area contributed by atoms with Crippen molar-refractivity contribution in [2.24, 2.45) is 0 Å². The molecule has 2 aliphatic rings. The van der Waals surface area contributed by atoms with Gasteiger partial charge in [0, 0.05) is 51.2 Å². The van der Waals surface area contributed by atoms with Crippen molar-refractivity contribution < 1.29 is 4.79 Å². The Morgan fingerprint density at radius 1 is 1.20 bits per heavy atom. The number of aromatic nitrogens is 1. The van der Waals surface area contributed by atoms with Crippen LogP contribution in [0.25, 0.3) is 0 Å². The van der Waals surface area contributed by atoms with Crippen LogP contribution in [-0.4, -0.2) is 59.5 Å². The summed E-state index contributed by atoms with van der Waals surface area (Å²) in [5.41, 5.74) is 1.29. The molecule has 1 amide bonds. The van der Waals surface area contributed by atoms with Crippen molar-refractivity contribution >= 4 is 5.91 Å². The van der Waals surface area contributed by atoms with E-state index in [1.807, 2.05) is 17.3 Å². The largest absolute Gasteiger partial charge is 0.339 e. The summed E-state index contributed by atoms with van der Waals surface area (Å²) in [7, 11) is 0. The maximum absolute atomic E-state index is 12.0. The highest BCUT2D eigenvalue weighted by molar-refractivity contribution is 5.78. The van der Waals surface area contributed by atoms with E-state index < -0.39 is 0 Å². The summed E-state index contributed by atoms with van der Waals surface area (Å²) in [4.78, 5) is 20.4. The van der Waals surface area contributed by atoms with Crippen molar-refractivity contribution in [1.82, 2.24) is 20.1 Å². The minimum Gasteiger partial charge on any atom is -0.339 e. The molecule has 5 nitrogen and oxygen atoms in total. The van der Waals surface area contributed by atoms with Gasteiger partial charge in [0.05, 0.1) is 6.54 Å². The van der Waals surface area contributed by atoms with Gasteiger partial charge in [-0.3, -0.25) is 14.7 Å². The van der Waals surface area contributed by atoms with Crippen molar-refractivity contribution in [1.29, 1.82) is 0 Å². The van der Waals surface area contributed by atoms with E-state index in [9.17, 15) is 4.79 Å². The van der Waals surface area contributed by atoms with E-state index in [0.717, 1.165) is 32.7 Å². The van der Waals surface area contributed by atoms with Crippen molar-refractivity contribution in [3.05, 3.63) is 30.1 Å². The lowest BCUT2D eigenvalue weighted by atomic mass is 10.2. The quantitative estimate of drug-likeness (QED) is 0.848. The third-order valence-electron chi connectivity index (χ3n) is 4.00. The van der Waals surface area contributed by atoms with E-state index in [1.54, 1.807) is 0 Å². The Bertz CT molecular complexity index is 438. The zero-order valence-corrected chi connectivity index (χ0v) is 11.8. The molecule has 0 aromatic carbocycles. The van der Waals surface area contributed by atoms with Crippen LogP contribution < -0.4 is 5.32 Å². The van der Waals surface area contributed by atoms with Gasteiger partial charge in [-0.15, -0.1) is 0 Å². The van der Waals surface area contributed by atoms with Gasteiger partial charge in [-0.25, -0.2) is 0 Å². The van der Waals surface area contributed by atoms with Crippen LogP contribution in [0.4, 0.5) is 0 Å². The first-order valence-electron chi connectivity index (χ1n) is 7.44. The smallest absolute Gasteiger partial charge is 0.236 e. The maximum atomic E-state index is 12.0. The molecule has 0 atom stereocenters. The number of rotatable bonds is 5. The number of carbonyl (C=O) groups is 1. The molecule has 1 aliphatic carbocycles. The van der Waals surface area contributed by atoms with Gasteiger partial charge in [-0.1, -0.05) is 0 Å². The molecule has 20 heavy (non-hydrogen) atoms. The molecular weight excluding hydrogens is 252 g/mol. The standard InChI is InChI=1S/C15H22N4O/c20-15(11-17-14-1-2-14)19-9-7-18(8-10-19)12-13-3-5-16-6-4-13/h3-6,14,17H,1-2,7-12H2. The number of amides is 1. The van der Waals surface area contributed by atoms with E-state index >= 15 is 0 Å². The minimum atomic E-state index is 0.250. The zero-order chi connectivity index (χ0) is 13.8. The number of nitrogens with one attached hydrogen (secondary N) is 1. The topological polar surface area (TPSA) is 48.5 Å². The minimum absolute atomic E-state index is 0.250. The van der Waals surface area contributed by atoms with Gasteiger partial charge in [0.15, 0.2) is 0 Å². The van der Waals surface area contributed by atoms with Gasteiger partial charge in [0.2, 0.25) is 5.91 Å². The van der Waals surface area contributed by atoms with Crippen molar-refractivity contribution in [3.8, 4) is 0 Å². The SMILES string of the molecule is O=C(CNC1CC1)N1CCN(Cc2ccncc2)CC1. The van der Waals surface area contributed by atoms with Gasteiger partial charge in [-0.05, 0) is 30.5 Å². The Morgan fingerprint density at radius 2 is 1.90 bits per heavy atom. The van der Waals surface area contributed by atoms with Gasteiger partial charge in [-0.2, -0.15) is 0 Å². The molecule has 108 valence electrons. The number of piperazine rings is 1. The monoisotopic (exact) mass is 274 g/mol. The molecular formula is C15H22N4O. The number of pyridine rings is 1. The van der Waals surface area contributed by atoms with Gasteiger partial charge in [0.25, 0.3) is 0 Å². The van der Waals surface area contributed by atoms with Crippen LogP contribution >= 0.6 is 0 Å². The van der Waals surface area contributed by atoms with Crippen LogP contribution in [0.15, 0.2) is 24.5 Å². The first kappa shape index (κ1) is 13.5. The number of nitrogens with zero attached hydrogens (tertiary/aromatic N) is 3. The molecule has 1 aliphatic heterocycles. The second-order valence-electron chi connectivity index (χ2n) is 5.67. The third-order valence-corrected chi connectivity index (χ3v) is 4.00. The first-order chi connectivity index (χ1) is 9.81. The van der Waals surface area contributed by atoms with Crippen LogP contribution in [0, 0.1) is 0 Å². The summed E-state index contributed by atoms with van der Waals surface area (Å²) < 4.78 is 0. The Kier molecular flexibility index (Phi) is 4.28. The highest BCUT2D eigenvalue weighted by Crippen LogP contribution is 2.18. The summed E-state index contributed by atoms with van der Waals surface area (Å²) in [5.74, 6) is 0.250. The fraction of sp³-hybridized carbons (Fsp3) is 0.600. The highest BCUT2D eigenvalue weighted by atomic mass is 16.2. The molecule has 0 radical (unpaired) electrons. The number of hydrogen-bond donors (Lipinski definition) is 1. The molecule has 3 rings (SSSR count). The summed E-state index contributed by atoms with van der Waals surface area (Å²) in [6, 6.07) is 4.71. The Labute approximate surface area is 120 Å². The van der Waals surface area contributed by atoms with Crippen molar-refractivity contribution in [3.63, 3.8) is 0 Å². The van der Waals surface area contributed by atoms with Gasteiger partial charge < -0.3 is 10.2 Å². The van der Waals surface area contributed by atoms with E-state index in [-0.39, 0.29) is 5.91 Å². The van der Waals surface area contributed by atoms with E-state index in [4.69, 9.17) is 0 Å². The Hall–Kier alpha value is -1.46. The Morgan fingerprint density at radius 3 is 2.55 bits per heavy atom. The molecule has 0 spiro atoms.